The van der Waals surface area contributed by atoms with Crippen LogP contribution in [0.25, 0.3) is 0 Å². The van der Waals surface area contributed by atoms with Crippen molar-refractivity contribution < 1.29 is 0 Å². The first-order chi connectivity index (χ1) is 3.93. The molecule has 1 aromatic rings. The summed E-state index contributed by atoms with van der Waals surface area (Å²) in [5, 5.41) is 0. The van der Waals surface area contributed by atoms with Crippen molar-refractivity contribution in [2.75, 3.05) is 0 Å². The number of alkyl halides is 1. The zero-order chi connectivity index (χ0) is 5.82. The van der Waals surface area contributed by atoms with Gasteiger partial charge in [-0.1, -0.05) is 30.3 Å². The third kappa shape index (κ3) is 3.27. The maximum absolute atomic E-state index is 5.53. The summed E-state index contributed by atoms with van der Waals surface area (Å²) < 4.78 is 0. The number of hydrogen-bond donors (Lipinski definition) is 0. The van der Waals surface area contributed by atoms with Gasteiger partial charge in [0.2, 0.25) is 0 Å². The Morgan fingerprint density at radius 2 is 1.67 bits per heavy atom. The second-order valence-electron chi connectivity index (χ2n) is 1.62. The van der Waals surface area contributed by atoms with Gasteiger partial charge in [-0.3, -0.25) is 0 Å². The van der Waals surface area contributed by atoms with E-state index >= 15 is 0 Å². The van der Waals surface area contributed by atoms with Crippen LogP contribution in [0.1, 0.15) is 5.56 Å². The first kappa shape index (κ1) is 9.51. The number of benzene rings is 1. The third-order valence-electron chi connectivity index (χ3n) is 0.997. The first-order valence-corrected chi connectivity index (χ1v) is 3.07. The van der Waals surface area contributed by atoms with Crippen molar-refractivity contribution in [2.24, 2.45) is 0 Å². The van der Waals surface area contributed by atoms with Crippen LogP contribution in [-0.4, -0.2) is 29.6 Å². The molecule has 0 bridgehead atoms. The van der Waals surface area contributed by atoms with Crippen LogP contribution in [0.3, 0.4) is 0 Å². The van der Waals surface area contributed by atoms with Crippen LogP contribution in [-0.2, 0) is 5.88 Å². The van der Waals surface area contributed by atoms with Crippen molar-refractivity contribution in [1.82, 2.24) is 0 Å². The average molecular weight is 150 g/mol. The number of halogens is 1. The van der Waals surface area contributed by atoms with Crippen molar-refractivity contribution in [3.05, 3.63) is 35.9 Å². The quantitative estimate of drug-likeness (QED) is 0.424. The molecule has 0 atom stereocenters. The Bertz CT molecular complexity index is 150. The molecule has 1 aromatic carbocycles. The second-order valence-corrected chi connectivity index (χ2v) is 1.89. The van der Waals surface area contributed by atoms with Gasteiger partial charge in [0.15, 0.2) is 0 Å². The molecular formula is C7H7ClNa. The van der Waals surface area contributed by atoms with Crippen LogP contribution >= 0.6 is 11.6 Å². The molecule has 1 rings (SSSR count). The van der Waals surface area contributed by atoms with E-state index in [9.17, 15) is 0 Å². The van der Waals surface area contributed by atoms with Crippen molar-refractivity contribution in [3.63, 3.8) is 0 Å². The minimum absolute atomic E-state index is 0. The Hall–Kier alpha value is 0.510. The van der Waals surface area contributed by atoms with E-state index in [4.69, 9.17) is 11.6 Å². The zero-order valence-corrected chi connectivity index (χ0v) is 8.23. The van der Waals surface area contributed by atoms with Gasteiger partial charge in [0.25, 0.3) is 0 Å². The molecule has 0 N–H and O–H groups in total. The molecule has 0 aliphatic heterocycles. The second kappa shape index (κ2) is 5.31. The number of rotatable bonds is 1. The van der Waals surface area contributed by atoms with Gasteiger partial charge in [0.05, 0.1) is 0 Å². The Labute approximate surface area is 82.5 Å². The van der Waals surface area contributed by atoms with Crippen molar-refractivity contribution in [3.8, 4) is 0 Å². The van der Waals surface area contributed by atoms with Crippen LogP contribution in [0.4, 0.5) is 0 Å². The summed E-state index contributed by atoms with van der Waals surface area (Å²) in [6.45, 7) is 0. The molecular weight excluding hydrogens is 143 g/mol. The Kier molecular flexibility index (Phi) is 5.61. The summed E-state index contributed by atoms with van der Waals surface area (Å²) >= 11 is 5.53. The standard InChI is InChI=1S/C7H7Cl.Na/c8-6-7-4-2-1-3-5-7;/h1-5H,6H2;. The van der Waals surface area contributed by atoms with E-state index in [0.29, 0.717) is 5.88 Å². The van der Waals surface area contributed by atoms with E-state index in [0.717, 1.165) is 0 Å². The summed E-state index contributed by atoms with van der Waals surface area (Å²) in [6.07, 6.45) is 0. The zero-order valence-electron chi connectivity index (χ0n) is 5.47. The summed E-state index contributed by atoms with van der Waals surface area (Å²) in [5.74, 6) is 0.612. The van der Waals surface area contributed by atoms with E-state index in [1.165, 1.54) is 5.56 Å². The van der Waals surface area contributed by atoms with Gasteiger partial charge in [-0.2, -0.15) is 0 Å². The summed E-state index contributed by atoms with van der Waals surface area (Å²) in [4.78, 5) is 0. The fourth-order valence-corrected chi connectivity index (χ4v) is 0.745. The summed E-state index contributed by atoms with van der Waals surface area (Å²) in [5.41, 5.74) is 1.18. The van der Waals surface area contributed by atoms with E-state index in [-0.39, 0.29) is 29.6 Å². The maximum Gasteiger partial charge on any atom is 0.0474 e. The molecule has 0 saturated heterocycles. The number of hydrogen-bond acceptors (Lipinski definition) is 0. The van der Waals surface area contributed by atoms with Gasteiger partial charge in [-0.25, -0.2) is 0 Å². The van der Waals surface area contributed by atoms with Gasteiger partial charge in [0.1, 0.15) is 0 Å². The van der Waals surface area contributed by atoms with E-state index in [1.807, 2.05) is 30.3 Å². The maximum atomic E-state index is 5.53. The Morgan fingerprint density at radius 1 is 1.11 bits per heavy atom. The van der Waals surface area contributed by atoms with Gasteiger partial charge in [-0.15, -0.1) is 11.6 Å². The summed E-state index contributed by atoms with van der Waals surface area (Å²) in [6, 6.07) is 9.96. The van der Waals surface area contributed by atoms with Crippen LogP contribution in [0, 0.1) is 0 Å². The minimum atomic E-state index is 0. The first-order valence-electron chi connectivity index (χ1n) is 2.53. The molecule has 0 saturated carbocycles. The topological polar surface area (TPSA) is 0 Å². The molecule has 0 aromatic heterocycles. The van der Waals surface area contributed by atoms with Crippen molar-refractivity contribution >= 4 is 41.2 Å². The van der Waals surface area contributed by atoms with Crippen LogP contribution < -0.4 is 0 Å². The van der Waals surface area contributed by atoms with Gasteiger partial charge < -0.3 is 0 Å². The van der Waals surface area contributed by atoms with E-state index < -0.39 is 0 Å². The van der Waals surface area contributed by atoms with Gasteiger partial charge in [0, 0.05) is 35.4 Å². The van der Waals surface area contributed by atoms with Gasteiger partial charge in [-0.05, 0) is 5.56 Å². The molecule has 0 aliphatic carbocycles. The Balaban J connectivity index is 0.000000640. The van der Waals surface area contributed by atoms with E-state index in [1.54, 1.807) is 0 Å². The smallest absolute Gasteiger partial charge is 0.0474 e. The average Bonchev–Trinajstić information content (AvgIpc) is 1.90. The fraction of sp³-hybridized carbons (Fsp3) is 0.143. The Morgan fingerprint density at radius 3 is 2.00 bits per heavy atom. The van der Waals surface area contributed by atoms with Crippen molar-refractivity contribution in [1.29, 1.82) is 0 Å². The van der Waals surface area contributed by atoms with Gasteiger partial charge >= 0.3 is 0 Å². The van der Waals surface area contributed by atoms with Crippen LogP contribution in [0.2, 0.25) is 0 Å². The van der Waals surface area contributed by atoms with Crippen molar-refractivity contribution in [2.45, 2.75) is 5.88 Å². The monoisotopic (exact) mass is 149 g/mol. The molecule has 0 amide bonds. The molecule has 2 heteroatoms. The largest absolute Gasteiger partial charge is 0.122 e. The molecule has 43 valence electrons. The third-order valence-corrected chi connectivity index (χ3v) is 1.31. The molecule has 9 heavy (non-hydrogen) atoms. The molecule has 0 heterocycles. The van der Waals surface area contributed by atoms with Crippen LogP contribution in [0.15, 0.2) is 30.3 Å². The SMILES string of the molecule is ClCc1ccccc1.[Na]. The normalized spacial score (nSPS) is 8.11. The summed E-state index contributed by atoms with van der Waals surface area (Å²) in [7, 11) is 0. The molecule has 0 aliphatic rings. The molecule has 0 fully saturated rings. The fourth-order valence-electron chi connectivity index (χ4n) is 0.567. The predicted molar refractivity (Wildman–Crippen MR) is 41.8 cm³/mol. The predicted octanol–water partition coefficient (Wildman–Crippen LogP) is 2.04. The molecule has 0 nitrogen and oxygen atoms in total. The van der Waals surface area contributed by atoms with E-state index in [2.05, 4.69) is 0 Å². The minimum Gasteiger partial charge on any atom is -0.122 e. The molecule has 0 spiro atoms. The molecule has 0 unspecified atom stereocenters. The molecule has 1 radical (unpaired) electrons. The van der Waals surface area contributed by atoms with Crippen LogP contribution in [0.5, 0.6) is 0 Å².